The number of rotatable bonds is 40. The molecule has 0 atom stereocenters. The van der Waals surface area contributed by atoms with Crippen molar-refractivity contribution in [1.82, 2.24) is 0 Å². The molecule has 15 aromatic rings. The third-order valence-corrected chi connectivity index (χ3v) is 24.1. The van der Waals surface area contributed by atoms with E-state index in [4.69, 9.17) is 47.4 Å². The Morgan fingerprint density at radius 2 is 0.214 bits per heavy atom. The number of carboxylic acid groups (broad SMARTS) is 10. The normalized spacial score (nSPS) is 11.4. The molecular formula is C115H90O30. The molecule has 10 bridgehead atoms. The lowest BCUT2D eigenvalue weighted by Gasteiger charge is -2.23. The summed E-state index contributed by atoms with van der Waals surface area (Å²) in [5.74, 6) is -9.81. The van der Waals surface area contributed by atoms with Crippen molar-refractivity contribution in [2.75, 3.05) is 0 Å². The summed E-state index contributed by atoms with van der Waals surface area (Å²) in [6, 6.07) is 78.0. The molecule has 0 fully saturated rings. The molecule has 0 radical (unpaired) electrons. The zero-order valence-corrected chi connectivity index (χ0v) is 77.1. The summed E-state index contributed by atoms with van der Waals surface area (Å²) in [6.07, 6.45) is -0.675. The van der Waals surface area contributed by atoms with Crippen molar-refractivity contribution in [1.29, 1.82) is 0 Å². The Balaban J connectivity index is 0.998. The van der Waals surface area contributed by atoms with Crippen LogP contribution in [0.1, 0.15) is 215 Å². The van der Waals surface area contributed by atoms with E-state index in [0.717, 1.165) is 0 Å². The fraction of sp³-hybridized carbons (Fsp3) is 0.130. The zero-order chi connectivity index (χ0) is 102. The summed E-state index contributed by atoms with van der Waals surface area (Å²) < 4.78 is 70.9. The van der Waals surface area contributed by atoms with E-state index in [-0.39, 0.29) is 211 Å². The van der Waals surface area contributed by atoms with Crippen molar-refractivity contribution >= 4 is 59.7 Å². The molecule has 10 N–H and O–H groups in total. The van der Waals surface area contributed by atoms with Gasteiger partial charge in [0, 0.05) is 87.7 Å². The van der Waals surface area contributed by atoms with Crippen LogP contribution in [-0.4, -0.2) is 111 Å². The van der Waals surface area contributed by atoms with Crippen LogP contribution in [0.2, 0.25) is 0 Å². The van der Waals surface area contributed by atoms with E-state index in [2.05, 4.69) is 0 Å². The van der Waals surface area contributed by atoms with E-state index in [9.17, 15) is 99.0 Å². The first-order valence-corrected chi connectivity index (χ1v) is 45.3. The monoisotopic (exact) mass is 1950 g/mol. The number of carbonyl (C=O) groups is 10. The first-order valence-electron chi connectivity index (χ1n) is 45.3. The molecule has 10 aliphatic rings. The highest BCUT2D eigenvalue weighted by Crippen LogP contribution is 2.45. The smallest absolute Gasteiger partial charge is 0.335 e. The van der Waals surface area contributed by atoms with Gasteiger partial charge in [0.1, 0.15) is 124 Å². The first kappa shape index (κ1) is 99.0. The average molecular weight is 1950 g/mol. The van der Waals surface area contributed by atoms with Crippen LogP contribution in [0, 0.1) is 0 Å². The molecule has 10 aliphatic carbocycles. The van der Waals surface area contributed by atoms with Crippen LogP contribution in [0.3, 0.4) is 0 Å². The van der Waals surface area contributed by atoms with Gasteiger partial charge in [0.05, 0.1) is 55.6 Å². The van der Waals surface area contributed by atoms with Gasteiger partial charge in [-0.15, -0.1) is 0 Å². The van der Waals surface area contributed by atoms with Gasteiger partial charge >= 0.3 is 59.7 Å². The summed E-state index contributed by atoms with van der Waals surface area (Å²) >= 11 is 0. The first-order chi connectivity index (χ1) is 70.0. The van der Waals surface area contributed by atoms with Gasteiger partial charge in [-0.05, 0) is 238 Å². The van der Waals surface area contributed by atoms with Crippen molar-refractivity contribution in [3.63, 3.8) is 0 Å². The molecule has 0 saturated carbocycles. The Morgan fingerprint density at radius 1 is 0.138 bits per heavy atom. The van der Waals surface area contributed by atoms with Crippen molar-refractivity contribution in [2.45, 2.75) is 98.2 Å². The number of hydrogen-bond donors (Lipinski definition) is 10. The standard InChI is InChI=1S/C115H90O30/c116-106(117)76-21-1-66(2-22-76)56-136-96-46-87-42-89-49-101(141-61-71-11-31-81(32-12-71)111(126)127)91(51-100(89)140-60-70-9-29-80(30-10-70)110(124)125)44-93-53-105(145-65-75-19-39-85(40-20-75)115(134)135)95(55-104(93)144-64-74-17-37-84(38-18-74)114(132)133)45-94-54-102(142-62-72-13-33-82(34-14-72)112(128)129)92(52-103(94)143-63-73-15-35-83(36-16-73)113(130)131)43-90-50-98(138-58-68-5-25-78(26-6-68)108(120)121)88(48-99(90)139-59-69-7-27-79(28-8-69)109(122)123)41-86(96)47-97(87)137-57-67-3-23-77(24-4-67)107(118)119/h1-40,46-55H,41-45,56-65H2,(H,116,117)(H,118,119)(H,120,121)(H,122,123)(H,124,125)(H,126,127)(H,128,129)(H,130,131)(H,132,133)(H,134,135). The maximum atomic E-state index is 12.4. The second kappa shape index (κ2) is 45.3. The number of ether oxygens (including phenoxy) is 10. The number of hydrogen-bond acceptors (Lipinski definition) is 20. The molecule has 30 heteroatoms. The molecule has 730 valence electrons. The van der Waals surface area contributed by atoms with E-state index in [1.54, 1.807) is 182 Å². The summed E-state index contributed by atoms with van der Waals surface area (Å²) in [7, 11) is 0. The van der Waals surface area contributed by atoms with E-state index in [1.165, 1.54) is 121 Å². The van der Waals surface area contributed by atoms with Crippen molar-refractivity contribution in [3.8, 4) is 57.5 Å². The molecule has 0 unspecified atom stereocenters. The topological polar surface area (TPSA) is 465 Å². The van der Waals surface area contributed by atoms with E-state index in [1.807, 2.05) is 0 Å². The average Bonchev–Trinajstić information content (AvgIpc) is 1.78. The largest absolute Gasteiger partial charge is 0.489 e. The lowest BCUT2D eigenvalue weighted by molar-refractivity contribution is 0.0686. The van der Waals surface area contributed by atoms with E-state index >= 15 is 0 Å². The van der Waals surface area contributed by atoms with Gasteiger partial charge in [-0.2, -0.15) is 0 Å². The Hall–Kier alpha value is -19.0. The van der Waals surface area contributed by atoms with Crippen molar-refractivity contribution in [2.24, 2.45) is 0 Å². The van der Waals surface area contributed by atoms with Gasteiger partial charge in [-0.3, -0.25) is 0 Å². The van der Waals surface area contributed by atoms with Gasteiger partial charge in [-0.1, -0.05) is 121 Å². The van der Waals surface area contributed by atoms with Crippen LogP contribution >= 0.6 is 0 Å². The second-order valence-corrected chi connectivity index (χ2v) is 34.1. The highest BCUT2D eigenvalue weighted by Gasteiger charge is 2.28. The maximum Gasteiger partial charge on any atom is 0.335 e. The van der Waals surface area contributed by atoms with Crippen LogP contribution in [-0.2, 0) is 98.2 Å². The number of carboxylic acids is 10. The van der Waals surface area contributed by atoms with Gasteiger partial charge in [0.2, 0.25) is 0 Å². The minimum atomic E-state index is -1.18. The lowest BCUT2D eigenvalue weighted by Crippen LogP contribution is -2.09. The Kier molecular flexibility index (Phi) is 30.9. The van der Waals surface area contributed by atoms with Gasteiger partial charge in [0.15, 0.2) is 0 Å². The predicted octanol–water partition coefficient (Wildman–Crippen LogP) is 20.7. The van der Waals surface area contributed by atoms with E-state index < -0.39 is 59.7 Å². The predicted molar refractivity (Wildman–Crippen MR) is 524 cm³/mol. The molecule has 0 heterocycles. The summed E-state index contributed by atoms with van der Waals surface area (Å²) in [5, 5.41) is 101. The summed E-state index contributed by atoms with van der Waals surface area (Å²) in [4.78, 5) is 124. The molecule has 0 aliphatic heterocycles. The summed E-state index contributed by atoms with van der Waals surface area (Å²) in [6.45, 7) is -1.97. The minimum absolute atomic E-state index is 0.0118. The van der Waals surface area contributed by atoms with Crippen LogP contribution in [0.15, 0.2) is 303 Å². The molecule has 0 aromatic heterocycles. The SMILES string of the molecule is O=C(O)c1ccc(COc2cc3c(OCc4ccc(C(=O)O)cc4)cc2Cc2cc(OCc4ccc(C(=O)O)cc4)c(cc2OCc2ccc(C(=O)O)cc2)Cc2cc(OCc4ccc(C(=O)O)cc4)c(cc2OCc2ccc(C(=O)O)cc2)Cc2cc(OCc4ccc(C(=O)O)cc4)c(cc2OCc2ccc(C(=O)O)cc2)Cc2cc(OCc4ccc(C(=O)O)cc4)c(cc2OCc2ccc(C(=O)O)cc2)C3)cc1. The quantitative estimate of drug-likeness (QED) is 0.0170. The molecule has 0 spiro atoms. The fourth-order valence-corrected chi connectivity index (χ4v) is 16.0. The fourth-order valence-electron chi connectivity index (χ4n) is 16.0. The van der Waals surface area contributed by atoms with Crippen LogP contribution in [0.25, 0.3) is 0 Å². The Labute approximate surface area is 827 Å². The Morgan fingerprint density at radius 3 is 0.283 bits per heavy atom. The molecule has 0 saturated heterocycles. The van der Waals surface area contributed by atoms with Gasteiger partial charge < -0.3 is 98.4 Å². The third-order valence-electron chi connectivity index (χ3n) is 24.1. The number of benzene rings is 15. The molecule has 15 aromatic carbocycles. The second-order valence-electron chi connectivity index (χ2n) is 34.1. The zero-order valence-electron chi connectivity index (χ0n) is 77.1. The lowest BCUT2D eigenvalue weighted by atomic mass is 9.94. The van der Waals surface area contributed by atoms with Crippen molar-refractivity contribution < 1.29 is 146 Å². The molecule has 30 nitrogen and oxygen atoms in total. The van der Waals surface area contributed by atoms with Gasteiger partial charge in [-0.25, -0.2) is 47.9 Å². The van der Waals surface area contributed by atoms with Crippen LogP contribution in [0.4, 0.5) is 0 Å². The Bertz CT molecular complexity index is 5930. The third kappa shape index (κ3) is 25.8. The van der Waals surface area contributed by atoms with E-state index in [0.29, 0.717) is 111 Å². The molecule has 25 rings (SSSR count). The van der Waals surface area contributed by atoms with Crippen molar-refractivity contribution in [3.05, 3.63) is 470 Å². The van der Waals surface area contributed by atoms with Gasteiger partial charge in [0.25, 0.3) is 0 Å². The minimum Gasteiger partial charge on any atom is -0.489 e. The highest BCUT2D eigenvalue weighted by atomic mass is 16.5. The van der Waals surface area contributed by atoms with Crippen LogP contribution in [0.5, 0.6) is 57.5 Å². The maximum absolute atomic E-state index is 12.4. The molecule has 0 amide bonds. The summed E-state index contributed by atoms with van der Waals surface area (Å²) in [5.41, 5.74) is 9.16. The van der Waals surface area contributed by atoms with Crippen LogP contribution < -0.4 is 47.4 Å². The highest BCUT2D eigenvalue weighted by molar-refractivity contribution is 5.92. The molecular weight excluding hydrogens is 1860 g/mol. The molecule has 145 heavy (non-hydrogen) atoms. The number of aromatic carboxylic acids is 10.